The third-order valence-corrected chi connectivity index (χ3v) is 6.30. The predicted octanol–water partition coefficient (Wildman–Crippen LogP) is 4.86. The minimum absolute atomic E-state index is 0.180. The monoisotopic (exact) mass is 447 g/mol. The minimum atomic E-state index is -0.200. The number of hydrazone groups is 1. The summed E-state index contributed by atoms with van der Waals surface area (Å²) in [6.45, 7) is 4.08. The molecule has 4 rings (SSSR count). The average Bonchev–Trinajstić information content (AvgIpc) is 3.39. The Morgan fingerprint density at radius 1 is 1.06 bits per heavy atom. The van der Waals surface area contributed by atoms with Crippen LogP contribution in [-0.2, 0) is 4.79 Å². The Labute approximate surface area is 189 Å². The van der Waals surface area contributed by atoms with Crippen molar-refractivity contribution in [1.82, 2.24) is 20.2 Å². The van der Waals surface area contributed by atoms with Gasteiger partial charge in [-0.1, -0.05) is 59.8 Å². The minimum Gasteiger partial charge on any atom is -0.272 e. The van der Waals surface area contributed by atoms with Crippen molar-refractivity contribution in [1.29, 1.82) is 0 Å². The summed E-state index contributed by atoms with van der Waals surface area (Å²) in [5.74, 6) is 0.715. The Hall–Kier alpha value is -3.23. The Bertz CT molecular complexity index is 1200. The van der Waals surface area contributed by atoms with E-state index in [0.29, 0.717) is 5.16 Å². The molecule has 0 saturated carbocycles. The molecule has 4 aromatic rings. The number of aryl methyl sites for hydroxylation is 2. The first-order valence-electron chi connectivity index (χ1n) is 9.69. The fourth-order valence-electron chi connectivity index (χ4n) is 2.92. The largest absolute Gasteiger partial charge is 0.272 e. The van der Waals surface area contributed by atoms with Gasteiger partial charge in [-0.25, -0.2) is 5.43 Å². The smallest absolute Gasteiger partial charge is 0.250 e. The molecule has 0 fully saturated rings. The van der Waals surface area contributed by atoms with Crippen LogP contribution in [0.25, 0.3) is 17.1 Å². The summed E-state index contributed by atoms with van der Waals surface area (Å²) in [6.07, 6.45) is 1.66. The highest BCUT2D eigenvalue weighted by molar-refractivity contribution is 7.99. The van der Waals surface area contributed by atoms with Crippen LogP contribution in [0.15, 0.2) is 77.0 Å². The van der Waals surface area contributed by atoms with Crippen LogP contribution >= 0.6 is 23.1 Å². The Morgan fingerprint density at radius 3 is 2.55 bits per heavy atom. The van der Waals surface area contributed by atoms with Gasteiger partial charge in [0.1, 0.15) is 0 Å². The van der Waals surface area contributed by atoms with E-state index in [4.69, 9.17) is 0 Å². The molecule has 0 saturated heterocycles. The van der Waals surface area contributed by atoms with E-state index >= 15 is 0 Å². The first-order valence-corrected chi connectivity index (χ1v) is 11.5. The second kappa shape index (κ2) is 9.72. The van der Waals surface area contributed by atoms with Gasteiger partial charge in [0.25, 0.3) is 5.91 Å². The van der Waals surface area contributed by atoms with Crippen molar-refractivity contribution >= 4 is 35.2 Å². The lowest BCUT2D eigenvalue weighted by Crippen LogP contribution is -2.19. The van der Waals surface area contributed by atoms with E-state index in [1.54, 1.807) is 17.6 Å². The van der Waals surface area contributed by atoms with Crippen molar-refractivity contribution in [2.24, 2.45) is 5.10 Å². The molecule has 2 aromatic carbocycles. The number of thiophene rings is 1. The molecule has 0 aliphatic carbocycles. The van der Waals surface area contributed by atoms with Crippen molar-refractivity contribution in [3.8, 4) is 17.1 Å². The van der Waals surface area contributed by atoms with Crippen molar-refractivity contribution in [3.63, 3.8) is 0 Å². The van der Waals surface area contributed by atoms with Gasteiger partial charge in [0, 0.05) is 21.0 Å². The maximum Gasteiger partial charge on any atom is 0.250 e. The summed E-state index contributed by atoms with van der Waals surface area (Å²) in [5.41, 5.74) is 5.65. The standard InChI is InChI=1S/C23H21N5OS2/c1-16-8-11-19(12-9-16)28-22(18-6-4-3-5-7-18)26-27-23(28)30-15-21(29)25-24-14-20-13-10-17(2)31-20/h3-14H,15H2,1-2H3,(H,25,29)/b24-14+. The van der Waals surface area contributed by atoms with Gasteiger partial charge < -0.3 is 0 Å². The fourth-order valence-corrected chi connectivity index (χ4v) is 4.41. The number of nitrogens with one attached hydrogen (secondary N) is 1. The molecule has 0 atom stereocenters. The van der Waals surface area contributed by atoms with Crippen molar-refractivity contribution in [3.05, 3.63) is 82.0 Å². The molecule has 0 bridgehead atoms. The molecule has 1 N–H and O–H groups in total. The number of aromatic nitrogens is 3. The van der Waals surface area contributed by atoms with Crippen LogP contribution in [0.5, 0.6) is 0 Å². The summed E-state index contributed by atoms with van der Waals surface area (Å²) < 4.78 is 1.98. The van der Waals surface area contributed by atoms with Gasteiger partial charge in [-0.2, -0.15) is 5.10 Å². The number of hydrogen-bond donors (Lipinski definition) is 1. The van der Waals surface area contributed by atoms with Crippen LogP contribution in [0.2, 0.25) is 0 Å². The van der Waals surface area contributed by atoms with Gasteiger partial charge in [0.05, 0.1) is 12.0 Å². The number of rotatable bonds is 7. The van der Waals surface area contributed by atoms with Crippen LogP contribution in [0.1, 0.15) is 15.3 Å². The predicted molar refractivity (Wildman–Crippen MR) is 127 cm³/mol. The fraction of sp³-hybridized carbons (Fsp3) is 0.130. The van der Waals surface area contributed by atoms with E-state index in [9.17, 15) is 4.79 Å². The van der Waals surface area contributed by atoms with Crippen LogP contribution < -0.4 is 5.43 Å². The Kier molecular flexibility index (Phi) is 6.59. The molecule has 31 heavy (non-hydrogen) atoms. The molecular weight excluding hydrogens is 426 g/mol. The Morgan fingerprint density at radius 2 is 1.84 bits per heavy atom. The second-order valence-electron chi connectivity index (χ2n) is 6.87. The zero-order valence-electron chi connectivity index (χ0n) is 17.1. The summed E-state index contributed by atoms with van der Waals surface area (Å²) in [7, 11) is 0. The second-order valence-corrected chi connectivity index (χ2v) is 9.14. The molecule has 6 nitrogen and oxygen atoms in total. The van der Waals surface area contributed by atoms with Gasteiger partial charge >= 0.3 is 0 Å². The number of thioether (sulfide) groups is 1. The van der Waals surface area contributed by atoms with Crippen LogP contribution in [0.4, 0.5) is 0 Å². The zero-order valence-corrected chi connectivity index (χ0v) is 18.8. The summed E-state index contributed by atoms with van der Waals surface area (Å²) in [6, 6.07) is 22.0. The van der Waals surface area contributed by atoms with E-state index in [1.165, 1.54) is 22.2 Å². The molecule has 2 aromatic heterocycles. The molecule has 0 spiro atoms. The van der Waals surface area contributed by atoms with Gasteiger partial charge in [0.15, 0.2) is 11.0 Å². The van der Waals surface area contributed by atoms with Gasteiger partial charge in [-0.15, -0.1) is 21.5 Å². The lowest BCUT2D eigenvalue weighted by molar-refractivity contribution is -0.118. The number of amides is 1. The average molecular weight is 448 g/mol. The molecule has 0 radical (unpaired) electrons. The highest BCUT2D eigenvalue weighted by Crippen LogP contribution is 2.28. The van der Waals surface area contributed by atoms with Crippen molar-refractivity contribution < 1.29 is 4.79 Å². The van der Waals surface area contributed by atoms with Crippen LogP contribution in [0, 0.1) is 13.8 Å². The first-order chi connectivity index (χ1) is 15.1. The number of benzene rings is 2. The summed E-state index contributed by atoms with van der Waals surface area (Å²) in [5, 5.41) is 13.4. The first kappa shape index (κ1) is 21.0. The molecule has 0 unspecified atom stereocenters. The van der Waals surface area contributed by atoms with Crippen molar-refractivity contribution in [2.75, 3.05) is 5.75 Å². The number of hydrogen-bond acceptors (Lipinski definition) is 6. The summed E-state index contributed by atoms with van der Waals surface area (Å²) >= 11 is 2.95. The maximum atomic E-state index is 12.3. The van der Waals surface area contributed by atoms with Gasteiger partial charge in [-0.05, 0) is 38.1 Å². The molecule has 156 valence electrons. The van der Waals surface area contributed by atoms with Gasteiger partial charge in [-0.3, -0.25) is 9.36 Å². The topological polar surface area (TPSA) is 72.2 Å². The maximum absolute atomic E-state index is 12.3. The van der Waals surface area contributed by atoms with Crippen LogP contribution in [-0.4, -0.2) is 32.6 Å². The normalized spacial score (nSPS) is 11.2. The molecule has 0 aliphatic rings. The van der Waals surface area contributed by atoms with E-state index < -0.39 is 0 Å². The molecule has 2 heterocycles. The van der Waals surface area contributed by atoms with Crippen LogP contribution in [0.3, 0.4) is 0 Å². The highest BCUT2D eigenvalue weighted by Gasteiger charge is 2.17. The van der Waals surface area contributed by atoms with E-state index in [1.807, 2.05) is 85.1 Å². The molecule has 8 heteroatoms. The quantitative estimate of drug-likeness (QED) is 0.250. The third kappa shape index (κ3) is 5.28. The van der Waals surface area contributed by atoms with Gasteiger partial charge in [0.2, 0.25) is 0 Å². The zero-order chi connectivity index (χ0) is 21.6. The number of carbonyl (C=O) groups excluding carboxylic acids is 1. The molecular formula is C23H21N5OS2. The molecule has 0 aliphatic heterocycles. The highest BCUT2D eigenvalue weighted by atomic mass is 32.2. The number of carbonyl (C=O) groups is 1. The van der Waals surface area contributed by atoms with E-state index in [2.05, 4.69) is 20.7 Å². The lowest BCUT2D eigenvalue weighted by Gasteiger charge is -2.10. The SMILES string of the molecule is Cc1ccc(-n2c(SCC(=O)N/N=C/c3ccc(C)s3)nnc2-c2ccccc2)cc1. The number of nitrogens with zero attached hydrogens (tertiary/aromatic N) is 4. The van der Waals surface area contributed by atoms with E-state index in [-0.39, 0.29) is 11.7 Å². The Balaban J connectivity index is 1.51. The third-order valence-electron chi connectivity index (χ3n) is 4.43. The lowest BCUT2D eigenvalue weighted by atomic mass is 10.2. The van der Waals surface area contributed by atoms with E-state index in [0.717, 1.165) is 22.0 Å². The summed E-state index contributed by atoms with van der Waals surface area (Å²) in [4.78, 5) is 14.5. The van der Waals surface area contributed by atoms with Crippen molar-refractivity contribution in [2.45, 2.75) is 19.0 Å². The molecule has 1 amide bonds.